The number of rotatable bonds is 6. The smallest absolute Gasteiger partial charge is 0.127 e. The number of nitrogens with zero attached hydrogens (tertiary/aromatic N) is 1. The molecule has 0 atom stereocenters. The minimum Gasteiger partial charge on any atom is -0.381 e. The highest BCUT2D eigenvalue weighted by Gasteiger charge is 2.30. The minimum atomic E-state index is -0.125. The van der Waals surface area contributed by atoms with Gasteiger partial charge in [0.05, 0.1) is 6.10 Å². The fourth-order valence-corrected chi connectivity index (χ4v) is 2.43. The van der Waals surface area contributed by atoms with Gasteiger partial charge < -0.3 is 14.4 Å². The van der Waals surface area contributed by atoms with E-state index in [4.69, 9.17) is 4.74 Å². The fourth-order valence-electron chi connectivity index (χ4n) is 2.43. The molecule has 0 aromatic carbocycles. The molecule has 0 aromatic heterocycles. The van der Waals surface area contributed by atoms with Crippen molar-refractivity contribution in [3.8, 4) is 0 Å². The van der Waals surface area contributed by atoms with Crippen LogP contribution in [-0.2, 0) is 9.53 Å². The molecule has 1 aliphatic rings. The lowest BCUT2D eigenvalue weighted by molar-refractivity contribution is -0.118. The molecule has 0 amide bonds. The number of likely N-dealkylation sites (tertiary alicyclic amines) is 1. The molecule has 0 radical (unpaired) electrons. The lowest BCUT2D eigenvalue weighted by atomic mass is 9.83. The van der Waals surface area contributed by atoms with E-state index < -0.39 is 0 Å². The molecule has 0 spiro atoms. The van der Waals surface area contributed by atoms with Gasteiger partial charge in [-0.1, -0.05) is 13.8 Å². The van der Waals surface area contributed by atoms with Crippen molar-refractivity contribution in [2.75, 3.05) is 26.7 Å². The number of hydrogen-bond acceptors (Lipinski definition) is 3. The van der Waals surface area contributed by atoms with Crippen molar-refractivity contribution < 1.29 is 9.53 Å². The standard InChI is InChI=1S/C13H25NO2/c1-4-13(5-2,11-15)10-14-8-6-12(16-3)7-9-14/h11-12H,4-10H2,1-3H3. The van der Waals surface area contributed by atoms with Crippen LogP contribution in [0, 0.1) is 5.41 Å². The van der Waals surface area contributed by atoms with Crippen LogP contribution in [0.2, 0.25) is 0 Å². The molecular formula is C13H25NO2. The lowest BCUT2D eigenvalue weighted by Gasteiger charge is -2.37. The monoisotopic (exact) mass is 227 g/mol. The summed E-state index contributed by atoms with van der Waals surface area (Å²) in [6.45, 7) is 7.27. The predicted molar refractivity (Wildman–Crippen MR) is 65.6 cm³/mol. The van der Waals surface area contributed by atoms with Gasteiger partial charge in [0.25, 0.3) is 0 Å². The average molecular weight is 227 g/mol. The second kappa shape index (κ2) is 6.36. The zero-order valence-corrected chi connectivity index (χ0v) is 10.9. The van der Waals surface area contributed by atoms with E-state index in [1.165, 1.54) is 0 Å². The molecule has 0 N–H and O–H groups in total. The average Bonchev–Trinajstić information content (AvgIpc) is 2.37. The Morgan fingerprint density at radius 3 is 2.25 bits per heavy atom. The van der Waals surface area contributed by atoms with Crippen molar-refractivity contribution >= 4 is 6.29 Å². The maximum absolute atomic E-state index is 11.2. The van der Waals surface area contributed by atoms with Gasteiger partial charge in [-0.05, 0) is 25.7 Å². The molecular weight excluding hydrogens is 202 g/mol. The predicted octanol–water partition coefficient (Wildman–Crippen LogP) is 2.10. The van der Waals surface area contributed by atoms with Gasteiger partial charge in [-0.15, -0.1) is 0 Å². The first-order valence-corrected chi connectivity index (χ1v) is 6.41. The largest absolute Gasteiger partial charge is 0.381 e. The summed E-state index contributed by atoms with van der Waals surface area (Å²) >= 11 is 0. The van der Waals surface area contributed by atoms with Gasteiger partial charge in [0.2, 0.25) is 0 Å². The third-order valence-electron chi connectivity index (χ3n) is 4.06. The first-order valence-electron chi connectivity index (χ1n) is 6.41. The van der Waals surface area contributed by atoms with Crippen LogP contribution in [0.25, 0.3) is 0 Å². The molecule has 0 bridgehead atoms. The first-order chi connectivity index (χ1) is 7.69. The molecule has 3 nitrogen and oxygen atoms in total. The van der Waals surface area contributed by atoms with E-state index in [-0.39, 0.29) is 5.41 Å². The summed E-state index contributed by atoms with van der Waals surface area (Å²) in [7, 11) is 1.79. The number of carbonyl (C=O) groups excluding carboxylic acids is 1. The van der Waals surface area contributed by atoms with Crippen molar-refractivity contribution in [3.63, 3.8) is 0 Å². The number of aldehydes is 1. The molecule has 1 fully saturated rings. The molecule has 94 valence electrons. The van der Waals surface area contributed by atoms with Crippen LogP contribution in [0.3, 0.4) is 0 Å². The molecule has 0 saturated carbocycles. The summed E-state index contributed by atoms with van der Waals surface area (Å²) in [6.07, 6.45) is 5.66. The van der Waals surface area contributed by atoms with Gasteiger partial charge >= 0.3 is 0 Å². The fraction of sp³-hybridized carbons (Fsp3) is 0.923. The second-order valence-electron chi connectivity index (χ2n) is 4.90. The van der Waals surface area contributed by atoms with Crippen LogP contribution >= 0.6 is 0 Å². The van der Waals surface area contributed by atoms with Gasteiger partial charge in [0.15, 0.2) is 0 Å². The molecule has 1 rings (SSSR count). The van der Waals surface area contributed by atoms with Crippen molar-refractivity contribution in [3.05, 3.63) is 0 Å². The summed E-state index contributed by atoms with van der Waals surface area (Å²) in [5.41, 5.74) is -0.125. The third-order valence-corrected chi connectivity index (χ3v) is 4.06. The highest BCUT2D eigenvalue weighted by Crippen LogP contribution is 2.26. The third kappa shape index (κ3) is 3.29. The van der Waals surface area contributed by atoms with Gasteiger partial charge in [-0.3, -0.25) is 0 Å². The van der Waals surface area contributed by atoms with Crippen molar-refractivity contribution in [1.29, 1.82) is 0 Å². The molecule has 1 saturated heterocycles. The maximum Gasteiger partial charge on any atom is 0.127 e. The van der Waals surface area contributed by atoms with E-state index in [0.717, 1.165) is 51.6 Å². The SMILES string of the molecule is CCC(C=O)(CC)CN1CCC(OC)CC1. The van der Waals surface area contributed by atoms with Crippen LogP contribution in [0.4, 0.5) is 0 Å². The normalized spacial score (nSPS) is 19.9. The zero-order valence-electron chi connectivity index (χ0n) is 10.9. The van der Waals surface area contributed by atoms with Crippen LogP contribution in [-0.4, -0.2) is 44.0 Å². The summed E-state index contributed by atoms with van der Waals surface area (Å²) in [5, 5.41) is 0. The number of methoxy groups -OCH3 is 1. The van der Waals surface area contributed by atoms with Crippen molar-refractivity contribution in [1.82, 2.24) is 4.90 Å². The van der Waals surface area contributed by atoms with Gasteiger partial charge in [0.1, 0.15) is 6.29 Å². The lowest BCUT2D eigenvalue weighted by Crippen LogP contribution is -2.44. The van der Waals surface area contributed by atoms with E-state index in [2.05, 4.69) is 18.7 Å². The van der Waals surface area contributed by atoms with E-state index in [9.17, 15) is 4.79 Å². The number of piperidine rings is 1. The van der Waals surface area contributed by atoms with Crippen LogP contribution in [0.15, 0.2) is 0 Å². The molecule has 3 heteroatoms. The Balaban J connectivity index is 2.45. The van der Waals surface area contributed by atoms with Crippen molar-refractivity contribution in [2.45, 2.75) is 45.6 Å². The maximum atomic E-state index is 11.2. The first kappa shape index (κ1) is 13.7. The molecule has 0 aliphatic carbocycles. The van der Waals surface area contributed by atoms with Gasteiger partial charge in [0, 0.05) is 32.2 Å². The molecule has 1 aliphatic heterocycles. The Morgan fingerprint density at radius 1 is 1.31 bits per heavy atom. The van der Waals surface area contributed by atoms with E-state index in [1.54, 1.807) is 7.11 Å². The Labute approximate surface area is 99.1 Å². The number of hydrogen-bond donors (Lipinski definition) is 0. The van der Waals surface area contributed by atoms with Gasteiger partial charge in [-0.2, -0.15) is 0 Å². The van der Waals surface area contributed by atoms with Crippen LogP contribution in [0.1, 0.15) is 39.5 Å². The number of ether oxygens (including phenoxy) is 1. The summed E-state index contributed by atoms with van der Waals surface area (Å²) in [5.74, 6) is 0. The van der Waals surface area contributed by atoms with Gasteiger partial charge in [-0.25, -0.2) is 0 Å². The Bertz CT molecular complexity index is 206. The molecule has 1 heterocycles. The van der Waals surface area contributed by atoms with E-state index in [0.29, 0.717) is 6.10 Å². The quantitative estimate of drug-likeness (QED) is 0.651. The Hall–Kier alpha value is -0.410. The highest BCUT2D eigenvalue weighted by atomic mass is 16.5. The molecule has 0 unspecified atom stereocenters. The Kier molecular flexibility index (Phi) is 5.42. The minimum absolute atomic E-state index is 0.125. The molecule has 0 aromatic rings. The Morgan fingerprint density at radius 2 is 1.88 bits per heavy atom. The topological polar surface area (TPSA) is 29.5 Å². The van der Waals surface area contributed by atoms with E-state index in [1.807, 2.05) is 0 Å². The van der Waals surface area contributed by atoms with Crippen LogP contribution in [0.5, 0.6) is 0 Å². The summed E-state index contributed by atoms with van der Waals surface area (Å²) < 4.78 is 5.35. The number of carbonyl (C=O) groups is 1. The highest BCUT2D eigenvalue weighted by molar-refractivity contribution is 5.59. The van der Waals surface area contributed by atoms with Crippen molar-refractivity contribution in [2.24, 2.45) is 5.41 Å². The van der Waals surface area contributed by atoms with E-state index >= 15 is 0 Å². The van der Waals surface area contributed by atoms with Crippen LogP contribution < -0.4 is 0 Å². The molecule has 16 heavy (non-hydrogen) atoms. The summed E-state index contributed by atoms with van der Waals surface area (Å²) in [6, 6.07) is 0. The zero-order chi connectivity index (χ0) is 12.0. The second-order valence-corrected chi connectivity index (χ2v) is 4.90. The summed E-state index contributed by atoms with van der Waals surface area (Å²) in [4.78, 5) is 13.6.